The highest BCUT2D eigenvalue weighted by Gasteiger charge is 2.07. The summed E-state index contributed by atoms with van der Waals surface area (Å²) in [6.07, 6.45) is 0.856. The minimum atomic E-state index is -0.518. The van der Waals surface area contributed by atoms with Crippen LogP contribution in [-0.2, 0) is 0 Å². The molecule has 0 aliphatic heterocycles. The van der Waals surface area contributed by atoms with E-state index in [1.165, 1.54) is 18.2 Å². The van der Waals surface area contributed by atoms with E-state index in [-0.39, 0.29) is 10.9 Å². The summed E-state index contributed by atoms with van der Waals surface area (Å²) in [7, 11) is 0. The van der Waals surface area contributed by atoms with E-state index >= 15 is 0 Å². The molecular weight excluding hydrogens is 243 g/mol. The summed E-state index contributed by atoms with van der Waals surface area (Å²) in [6, 6.07) is 3.94. The van der Waals surface area contributed by atoms with Gasteiger partial charge in [-0.2, -0.15) is 0 Å². The summed E-state index contributed by atoms with van der Waals surface area (Å²) in [5, 5.41) is 5.86. The number of carbonyl (C=O) groups excluding carboxylic acids is 1. The Morgan fingerprint density at radius 3 is 2.82 bits per heavy atom. The number of hydrogen-bond acceptors (Lipinski definition) is 2. The van der Waals surface area contributed by atoms with Gasteiger partial charge >= 0.3 is 0 Å². The van der Waals surface area contributed by atoms with Gasteiger partial charge in [-0.1, -0.05) is 18.5 Å². The molecule has 94 valence electrons. The summed E-state index contributed by atoms with van der Waals surface area (Å²) in [4.78, 5) is 11.6. The zero-order valence-electron chi connectivity index (χ0n) is 9.72. The number of carbonyl (C=O) groups is 1. The predicted molar refractivity (Wildman–Crippen MR) is 66.9 cm³/mol. The maximum Gasteiger partial charge on any atom is 0.251 e. The SMILES string of the molecule is CCNCCCNC(=O)c1ccc(F)c(Cl)c1. The second-order valence-corrected chi connectivity index (χ2v) is 4.00. The van der Waals surface area contributed by atoms with Crippen LogP contribution in [0.25, 0.3) is 0 Å². The van der Waals surface area contributed by atoms with Crippen LogP contribution < -0.4 is 10.6 Å². The lowest BCUT2D eigenvalue weighted by Gasteiger charge is -2.06. The van der Waals surface area contributed by atoms with Crippen LogP contribution in [0.4, 0.5) is 4.39 Å². The lowest BCUT2D eigenvalue weighted by atomic mass is 10.2. The van der Waals surface area contributed by atoms with Gasteiger partial charge in [-0.05, 0) is 37.7 Å². The number of rotatable bonds is 6. The molecule has 0 bridgehead atoms. The van der Waals surface area contributed by atoms with E-state index in [1.807, 2.05) is 6.92 Å². The molecule has 1 rings (SSSR count). The van der Waals surface area contributed by atoms with Gasteiger partial charge < -0.3 is 10.6 Å². The molecule has 0 radical (unpaired) electrons. The molecule has 0 saturated carbocycles. The van der Waals surface area contributed by atoms with E-state index in [4.69, 9.17) is 11.6 Å². The Labute approximate surface area is 105 Å². The third kappa shape index (κ3) is 4.71. The Hall–Kier alpha value is -1.13. The summed E-state index contributed by atoms with van der Waals surface area (Å²) in [6.45, 7) is 4.39. The topological polar surface area (TPSA) is 41.1 Å². The van der Waals surface area contributed by atoms with E-state index in [1.54, 1.807) is 0 Å². The van der Waals surface area contributed by atoms with Crippen LogP contribution in [0.1, 0.15) is 23.7 Å². The number of nitrogens with one attached hydrogen (secondary N) is 2. The van der Waals surface area contributed by atoms with Crippen molar-refractivity contribution in [2.75, 3.05) is 19.6 Å². The quantitative estimate of drug-likeness (QED) is 0.768. The van der Waals surface area contributed by atoms with Gasteiger partial charge in [-0.15, -0.1) is 0 Å². The van der Waals surface area contributed by atoms with Crippen molar-refractivity contribution in [2.45, 2.75) is 13.3 Å². The highest BCUT2D eigenvalue weighted by Crippen LogP contribution is 2.15. The molecule has 1 aromatic carbocycles. The lowest BCUT2D eigenvalue weighted by Crippen LogP contribution is -2.27. The fourth-order valence-electron chi connectivity index (χ4n) is 1.33. The van der Waals surface area contributed by atoms with Crippen molar-refractivity contribution in [1.29, 1.82) is 0 Å². The second kappa shape index (κ2) is 7.25. The number of hydrogen-bond donors (Lipinski definition) is 2. The van der Waals surface area contributed by atoms with Crippen LogP contribution >= 0.6 is 11.6 Å². The molecule has 5 heteroatoms. The summed E-state index contributed by atoms with van der Waals surface area (Å²) >= 11 is 5.60. The fourth-order valence-corrected chi connectivity index (χ4v) is 1.51. The minimum absolute atomic E-state index is 0.0368. The van der Waals surface area contributed by atoms with Crippen LogP contribution in [0.5, 0.6) is 0 Å². The van der Waals surface area contributed by atoms with Crippen LogP contribution in [-0.4, -0.2) is 25.5 Å². The van der Waals surface area contributed by atoms with Crippen LogP contribution in [0.15, 0.2) is 18.2 Å². The van der Waals surface area contributed by atoms with E-state index in [2.05, 4.69) is 10.6 Å². The summed E-state index contributed by atoms with van der Waals surface area (Å²) < 4.78 is 12.9. The first kappa shape index (κ1) is 13.9. The third-order valence-electron chi connectivity index (χ3n) is 2.25. The Kier molecular flexibility index (Phi) is 5.94. The van der Waals surface area contributed by atoms with Crippen molar-refractivity contribution < 1.29 is 9.18 Å². The Balaban J connectivity index is 2.39. The third-order valence-corrected chi connectivity index (χ3v) is 2.54. The highest BCUT2D eigenvalue weighted by atomic mass is 35.5. The van der Waals surface area contributed by atoms with Crippen molar-refractivity contribution >= 4 is 17.5 Å². The number of halogens is 2. The monoisotopic (exact) mass is 258 g/mol. The molecule has 0 aromatic heterocycles. The molecule has 0 aliphatic rings. The molecule has 0 unspecified atom stereocenters. The van der Waals surface area contributed by atoms with Gasteiger partial charge in [0.15, 0.2) is 0 Å². The molecule has 0 aliphatic carbocycles. The second-order valence-electron chi connectivity index (χ2n) is 3.59. The molecule has 0 spiro atoms. The number of benzene rings is 1. The lowest BCUT2D eigenvalue weighted by molar-refractivity contribution is 0.0953. The van der Waals surface area contributed by atoms with Crippen LogP contribution in [0, 0.1) is 5.82 Å². The maximum atomic E-state index is 12.9. The summed E-state index contributed by atoms with van der Waals surface area (Å²) in [5.41, 5.74) is 0.375. The van der Waals surface area contributed by atoms with Gasteiger partial charge in [-0.25, -0.2) is 4.39 Å². The molecule has 1 aromatic rings. The predicted octanol–water partition coefficient (Wildman–Crippen LogP) is 2.21. The molecule has 2 N–H and O–H groups in total. The van der Waals surface area contributed by atoms with Crippen molar-refractivity contribution in [1.82, 2.24) is 10.6 Å². The first-order valence-electron chi connectivity index (χ1n) is 5.59. The van der Waals surface area contributed by atoms with E-state index in [0.717, 1.165) is 19.5 Å². The largest absolute Gasteiger partial charge is 0.352 e. The maximum absolute atomic E-state index is 12.9. The molecule has 0 saturated heterocycles. The molecule has 0 fully saturated rings. The van der Waals surface area contributed by atoms with Crippen LogP contribution in [0.3, 0.4) is 0 Å². The van der Waals surface area contributed by atoms with Gasteiger partial charge in [0.25, 0.3) is 5.91 Å². The molecule has 1 amide bonds. The zero-order chi connectivity index (χ0) is 12.7. The normalized spacial score (nSPS) is 10.3. The van der Waals surface area contributed by atoms with Crippen molar-refractivity contribution in [2.24, 2.45) is 0 Å². The minimum Gasteiger partial charge on any atom is -0.352 e. The van der Waals surface area contributed by atoms with Crippen molar-refractivity contribution in [3.8, 4) is 0 Å². The Morgan fingerprint density at radius 2 is 2.18 bits per heavy atom. The van der Waals surface area contributed by atoms with Crippen LogP contribution in [0.2, 0.25) is 5.02 Å². The molecular formula is C12H16ClFN2O. The van der Waals surface area contributed by atoms with Crippen molar-refractivity contribution in [3.63, 3.8) is 0 Å². The van der Waals surface area contributed by atoms with E-state index < -0.39 is 5.82 Å². The fraction of sp³-hybridized carbons (Fsp3) is 0.417. The smallest absolute Gasteiger partial charge is 0.251 e. The summed E-state index contributed by atoms with van der Waals surface area (Å²) in [5.74, 6) is -0.751. The molecule has 3 nitrogen and oxygen atoms in total. The van der Waals surface area contributed by atoms with E-state index in [0.29, 0.717) is 12.1 Å². The van der Waals surface area contributed by atoms with Gasteiger partial charge in [0, 0.05) is 12.1 Å². The van der Waals surface area contributed by atoms with Crippen molar-refractivity contribution in [3.05, 3.63) is 34.6 Å². The van der Waals surface area contributed by atoms with Gasteiger partial charge in [0.1, 0.15) is 5.82 Å². The van der Waals surface area contributed by atoms with Gasteiger partial charge in [-0.3, -0.25) is 4.79 Å². The average molecular weight is 259 g/mol. The van der Waals surface area contributed by atoms with Gasteiger partial charge in [0.2, 0.25) is 0 Å². The first-order valence-corrected chi connectivity index (χ1v) is 5.97. The molecule has 0 atom stereocenters. The molecule has 0 heterocycles. The first-order chi connectivity index (χ1) is 8.15. The Morgan fingerprint density at radius 1 is 1.41 bits per heavy atom. The van der Waals surface area contributed by atoms with E-state index in [9.17, 15) is 9.18 Å². The standard InChI is InChI=1S/C12H16ClFN2O/c1-2-15-6-3-7-16-12(17)9-4-5-11(14)10(13)8-9/h4-5,8,15H,2-3,6-7H2,1H3,(H,16,17). The Bertz CT molecular complexity index is 385. The molecule has 17 heavy (non-hydrogen) atoms. The zero-order valence-corrected chi connectivity index (χ0v) is 10.5. The highest BCUT2D eigenvalue weighted by molar-refractivity contribution is 6.31. The number of amides is 1. The van der Waals surface area contributed by atoms with Gasteiger partial charge in [0.05, 0.1) is 5.02 Å². The average Bonchev–Trinajstić information content (AvgIpc) is 2.32.